The van der Waals surface area contributed by atoms with Crippen molar-refractivity contribution in [3.05, 3.63) is 77.1 Å². The topological polar surface area (TPSA) is 146 Å². The number of nitrogens with two attached hydrogens (primary N) is 1. The Morgan fingerprint density at radius 1 is 1.03 bits per heavy atom. The van der Waals surface area contributed by atoms with E-state index in [1.165, 1.54) is 0 Å². The van der Waals surface area contributed by atoms with Crippen LogP contribution in [0.3, 0.4) is 0 Å². The Morgan fingerprint density at radius 3 is 2.70 bits per heavy atom. The van der Waals surface area contributed by atoms with Gasteiger partial charge < -0.3 is 10.7 Å². The van der Waals surface area contributed by atoms with E-state index in [4.69, 9.17) is 5.73 Å². The van der Waals surface area contributed by atoms with Gasteiger partial charge in [0.15, 0.2) is 0 Å². The number of anilines is 1. The van der Waals surface area contributed by atoms with Crippen LogP contribution in [-0.2, 0) is 6.54 Å². The summed E-state index contributed by atoms with van der Waals surface area (Å²) in [5.41, 5.74) is 12.4. The number of nitrogens with zero attached hydrogens (tertiary/aromatic N) is 7. The normalized spacial score (nSPS) is 10.8. The molecule has 33 heavy (non-hydrogen) atoms. The lowest BCUT2D eigenvalue weighted by atomic mass is 10.00. The third kappa shape index (κ3) is 3.64. The molecule has 9 heteroatoms. The number of nitrogens with one attached hydrogen (secondary N) is 1. The lowest BCUT2D eigenvalue weighted by Crippen LogP contribution is -2.00. The quantitative estimate of drug-likeness (QED) is 0.442. The molecule has 0 aliphatic carbocycles. The maximum atomic E-state index is 9.33. The van der Waals surface area contributed by atoms with Gasteiger partial charge in [0.05, 0.1) is 47.4 Å². The summed E-state index contributed by atoms with van der Waals surface area (Å²) in [6.07, 6.45) is 3.69. The molecule has 3 aromatic heterocycles. The van der Waals surface area contributed by atoms with E-state index in [9.17, 15) is 10.5 Å². The number of benzene rings is 2. The summed E-state index contributed by atoms with van der Waals surface area (Å²) in [4.78, 5) is 11.9. The third-order valence-corrected chi connectivity index (χ3v) is 5.50. The Hall–Kier alpha value is -5.02. The second-order valence-corrected chi connectivity index (χ2v) is 7.57. The van der Waals surface area contributed by atoms with Gasteiger partial charge in [-0.15, -0.1) is 5.10 Å². The number of rotatable bonds is 4. The number of aromatic amines is 1. The molecule has 5 aromatic rings. The highest BCUT2D eigenvalue weighted by Crippen LogP contribution is 2.28. The fourth-order valence-electron chi connectivity index (χ4n) is 3.82. The van der Waals surface area contributed by atoms with Crippen molar-refractivity contribution >= 4 is 16.9 Å². The fourth-order valence-corrected chi connectivity index (χ4v) is 3.82. The van der Waals surface area contributed by atoms with Gasteiger partial charge in [-0.1, -0.05) is 17.3 Å². The molecule has 0 aliphatic heterocycles. The zero-order chi connectivity index (χ0) is 22.9. The molecule has 0 amide bonds. The Balaban J connectivity index is 1.49. The van der Waals surface area contributed by atoms with Crippen LogP contribution in [0, 0.1) is 29.6 Å². The van der Waals surface area contributed by atoms with E-state index in [1.54, 1.807) is 29.1 Å². The van der Waals surface area contributed by atoms with Gasteiger partial charge in [-0.2, -0.15) is 10.5 Å². The van der Waals surface area contributed by atoms with Crippen molar-refractivity contribution in [2.45, 2.75) is 13.5 Å². The first-order valence-corrected chi connectivity index (χ1v) is 10.1. The number of nitrogen functional groups attached to an aromatic ring is 1. The second kappa shape index (κ2) is 7.91. The summed E-state index contributed by atoms with van der Waals surface area (Å²) in [5.74, 6) is 0.111. The monoisotopic (exact) mass is 431 g/mol. The first-order valence-electron chi connectivity index (χ1n) is 10.1. The molecule has 2 aromatic carbocycles. The SMILES string of the molecule is Cc1c(C#N)cccc1-c1cc(-c2cn(Cc3c[nH]c4ccc(C#N)cc34)nn2)nc(N)n1. The average molecular weight is 431 g/mol. The zero-order valence-corrected chi connectivity index (χ0v) is 17.6. The average Bonchev–Trinajstić information content (AvgIpc) is 3.46. The van der Waals surface area contributed by atoms with E-state index in [1.807, 2.05) is 37.4 Å². The number of H-pyrrole nitrogens is 1. The lowest BCUT2D eigenvalue weighted by Gasteiger charge is -2.08. The van der Waals surface area contributed by atoms with Crippen LogP contribution < -0.4 is 5.73 Å². The highest BCUT2D eigenvalue weighted by molar-refractivity contribution is 5.84. The Labute approximate surface area is 188 Å². The van der Waals surface area contributed by atoms with Gasteiger partial charge in [0.1, 0.15) is 5.69 Å². The lowest BCUT2D eigenvalue weighted by molar-refractivity contribution is 0.652. The van der Waals surface area contributed by atoms with E-state index in [0.29, 0.717) is 34.8 Å². The summed E-state index contributed by atoms with van der Waals surface area (Å²) < 4.78 is 1.70. The van der Waals surface area contributed by atoms with Gasteiger partial charge in [0.25, 0.3) is 0 Å². The minimum atomic E-state index is 0.111. The van der Waals surface area contributed by atoms with E-state index in [2.05, 4.69) is 37.4 Å². The summed E-state index contributed by atoms with van der Waals surface area (Å²) in [6.45, 7) is 2.35. The molecule has 5 rings (SSSR count). The molecule has 158 valence electrons. The van der Waals surface area contributed by atoms with Crippen molar-refractivity contribution in [3.8, 4) is 34.8 Å². The minimum Gasteiger partial charge on any atom is -0.368 e. The first-order chi connectivity index (χ1) is 16.1. The molecule has 0 spiro atoms. The van der Waals surface area contributed by atoms with Crippen LogP contribution in [0.1, 0.15) is 22.3 Å². The molecule has 0 fully saturated rings. The van der Waals surface area contributed by atoms with Crippen LogP contribution in [0.5, 0.6) is 0 Å². The standard InChI is InChI=1S/C24H17N9/c1-14-16(10-26)3-2-4-18(14)21-8-22(30-24(27)29-21)23-13-33(32-31-23)12-17-11-28-20-6-5-15(9-25)7-19(17)20/h2-8,11,13,28H,12H2,1H3,(H2,27,29,30). The van der Waals surface area contributed by atoms with Gasteiger partial charge in [-0.3, -0.25) is 0 Å². The maximum Gasteiger partial charge on any atom is 0.221 e. The van der Waals surface area contributed by atoms with Gasteiger partial charge in [-0.05, 0) is 48.4 Å². The van der Waals surface area contributed by atoms with E-state index < -0.39 is 0 Å². The van der Waals surface area contributed by atoms with E-state index in [0.717, 1.165) is 27.6 Å². The van der Waals surface area contributed by atoms with Crippen LogP contribution >= 0.6 is 0 Å². The summed E-state index contributed by atoms with van der Waals surface area (Å²) in [7, 11) is 0. The molecule has 3 heterocycles. The van der Waals surface area contributed by atoms with Crippen LogP contribution in [0.4, 0.5) is 5.95 Å². The van der Waals surface area contributed by atoms with Gasteiger partial charge in [0.2, 0.25) is 5.95 Å². The number of hydrogen-bond donors (Lipinski definition) is 2. The van der Waals surface area contributed by atoms with Crippen LogP contribution in [0.25, 0.3) is 33.5 Å². The Bertz CT molecular complexity index is 1590. The molecular weight excluding hydrogens is 414 g/mol. The molecule has 0 saturated heterocycles. The van der Waals surface area contributed by atoms with Crippen molar-refractivity contribution in [1.82, 2.24) is 29.9 Å². The molecule has 0 saturated carbocycles. The smallest absolute Gasteiger partial charge is 0.221 e. The zero-order valence-electron chi connectivity index (χ0n) is 17.6. The molecule has 0 bridgehead atoms. The van der Waals surface area contributed by atoms with Crippen molar-refractivity contribution in [3.63, 3.8) is 0 Å². The van der Waals surface area contributed by atoms with Crippen LogP contribution in [0.15, 0.2) is 54.9 Å². The second-order valence-electron chi connectivity index (χ2n) is 7.57. The highest BCUT2D eigenvalue weighted by atomic mass is 15.4. The predicted octanol–water partition coefficient (Wildman–Crippen LogP) is 3.57. The van der Waals surface area contributed by atoms with Gasteiger partial charge in [0, 0.05) is 22.7 Å². The Morgan fingerprint density at radius 2 is 1.88 bits per heavy atom. The van der Waals surface area contributed by atoms with Crippen molar-refractivity contribution in [2.24, 2.45) is 0 Å². The van der Waals surface area contributed by atoms with Crippen molar-refractivity contribution in [2.75, 3.05) is 5.73 Å². The van der Waals surface area contributed by atoms with Gasteiger partial charge >= 0.3 is 0 Å². The molecule has 3 N–H and O–H groups in total. The van der Waals surface area contributed by atoms with E-state index in [-0.39, 0.29) is 5.95 Å². The summed E-state index contributed by atoms with van der Waals surface area (Å²) >= 11 is 0. The Kier molecular flexibility index (Phi) is 4.77. The largest absolute Gasteiger partial charge is 0.368 e. The number of nitriles is 2. The molecular formula is C24H17N9. The summed E-state index contributed by atoms with van der Waals surface area (Å²) in [6, 6.07) is 17.1. The fraction of sp³-hybridized carbons (Fsp3) is 0.0833. The first kappa shape index (κ1) is 19.9. The molecule has 0 radical (unpaired) electrons. The van der Waals surface area contributed by atoms with E-state index >= 15 is 0 Å². The maximum absolute atomic E-state index is 9.33. The molecule has 0 atom stereocenters. The third-order valence-electron chi connectivity index (χ3n) is 5.50. The highest BCUT2D eigenvalue weighted by Gasteiger charge is 2.14. The van der Waals surface area contributed by atoms with Gasteiger partial charge in [-0.25, -0.2) is 14.6 Å². The van der Waals surface area contributed by atoms with Crippen LogP contribution in [-0.4, -0.2) is 29.9 Å². The molecule has 0 aliphatic rings. The number of hydrogen-bond acceptors (Lipinski definition) is 7. The minimum absolute atomic E-state index is 0.111. The number of fused-ring (bicyclic) bond motifs is 1. The summed E-state index contributed by atoms with van der Waals surface area (Å²) in [5, 5.41) is 28.0. The van der Waals surface area contributed by atoms with Crippen LogP contribution in [0.2, 0.25) is 0 Å². The van der Waals surface area contributed by atoms with Crippen molar-refractivity contribution in [1.29, 1.82) is 10.5 Å². The van der Waals surface area contributed by atoms with Crippen molar-refractivity contribution < 1.29 is 0 Å². The molecule has 0 unspecified atom stereocenters. The molecule has 9 nitrogen and oxygen atoms in total. The number of aromatic nitrogens is 6. The predicted molar refractivity (Wildman–Crippen MR) is 122 cm³/mol.